The first-order valence-corrected chi connectivity index (χ1v) is 11.0. The van der Waals surface area contributed by atoms with Crippen LogP contribution in [0.25, 0.3) is 0 Å². The third-order valence-electron chi connectivity index (χ3n) is 5.08. The van der Waals surface area contributed by atoms with E-state index in [4.69, 9.17) is 18.0 Å². The summed E-state index contributed by atoms with van der Waals surface area (Å²) >= 11 is 5.13. The minimum absolute atomic E-state index is 0.529. The van der Waals surface area contributed by atoms with Gasteiger partial charge in [-0.15, -0.1) is 0 Å². The van der Waals surface area contributed by atoms with Crippen LogP contribution in [-0.2, 0) is 6.42 Å². The third-order valence-corrected chi connectivity index (χ3v) is 5.30. The second-order valence-electron chi connectivity index (χ2n) is 7.37. The molecule has 0 aromatic heterocycles. The fourth-order valence-corrected chi connectivity index (χ4v) is 3.69. The first kappa shape index (κ1) is 22.2. The van der Waals surface area contributed by atoms with Crippen molar-refractivity contribution in [1.29, 1.82) is 0 Å². The van der Waals surface area contributed by atoms with E-state index in [2.05, 4.69) is 19.1 Å². The molecule has 25 heavy (non-hydrogen) atoms. The minimum Gasteiger partial charge on any atom is -0.389 e. The fourth-order valence-electron chi connectivity index (χ4n) is 3.49. The molecule has 142 valence electrons. The number of benzene rings is 1. The molecule has 1 aromatic carbocycles. The van der Waals surface area contributed by atoms with Gasteiger partial charge in [0.2, 0.25) is 0 Å². The van der Waals surface area contributed by atoms with Gasteiger partial charge in [0.05, 0.1) is 0 Å². The van der Waals surface area contributed by atoms with E-state index in [1.165, 1.54) is 95.5 Å². The van der Waals surface area contributed by atoms with Crippen molar-refractivity contribution in [3.63, 3.8) is 0 Å². The lowest BCUT2D eigenvalue weighted by atomic mass is 10.00. The summed E-state index contributed by atoms with van der Waals surface area (Å²) in [5.74, 6) is 0. The zero-order chi connectivity index (χ0) is 18.2. The average Bonchev–Trinajstić information content (AvgIpc) is 2.62. The van der Waals surface area contributed by atoms with Crippen LogP contribution in [-0.4, -0.2) is 4.99 Å². The van der Waals surface area contributed by atoms with Crippen molar-refractivity contribution in [2.24, 2.45) is 5.73 Å². The standard InChI is InChI=1S/C23H39NS/c1-2-3-4-5-6-7-8-9-10-11-12-13-14-15-18-21-19-16-17-20-22(21)23(24)25/h16-17,19-20H,2-15,18H2,1H3,(H2,24,25). The van der Waals surface area contributed by atoms with Crippen molar-refractivity contribution in [2.75, 3.05) is 0 Å². The van der Waals surface area contributed by atoms with E-state index in [0.717, 1.165) is 12.0 Å². The molecule has 0 bridgehead atoms. The number of aryl methyl sites for hydroxylation is 1. The summed E-state index contributed by atoms with van der Waals surface area (Å²) in [7, 11) is 0. The molecule has 0 atom stereocenters. The third kappa shape index (κ3) is 11.4. The van der Waals surface area contributed by atoms with Crippen LogP contribution in [0.5, 0.6) is 0 Å². The highest BCUT2D eigenvalue weighted by Crippen LogP contribution is 2.15. The first-order valence-electron chi connectivity index (χ1n) is 10.6. The first-order chi connectivity index (χ1) is 12.3. The number of hydrogen-bond acceptors (Lipinski definition) is 1. The molecule has 0 fully saturated rings. The lowest BCUT2D eigenvalue weighted by Crippen LogP contribution is -2.12. The molecule has 0 aliphatic carbocycles. The van der Waals surface area contributed by atoms with E-state index in [0.29, 0.717) is 4.99 Å². The van der Waals surface area contributed by atoms with Gasteiger partial charge in [-0.1, -0.05) is 127 Å². The highest BCUT2D eigenvalue weighted by molar-refractivity contribution is 7.80. The summed E-state index contributed by atoms with van der Waals surface area (Å²) in [5.41, 5.74) is 8.17. The molecule has 1 aromatic rings. The van der Waals surface area contributed by atoms with E-state index in [9.17, 15) is 0 Å². The predicted octanol–water partition coefficient (Wildman–Crippen LogP) is 7.34. The summed E-state index contributed by atoms with van der Waals surface area (Å²) in [6.45, 7) is 2.29. The average molecular weight is 362 g/mol. The molecule has 0 unspecified atom stereocenters. The van der Waals surface area contributed by atoms with Crippen molar-refractivity contribution < 1.29 is 0 Å². The van der Waals surface area contributed by atoms with Crippen molar-refractivity contribution in [2.45, 2.75) is 103 Å². The molecule has 0 saturated carbocycles. The Balaban J connectivity index is 1.90. The highest BCUT2D eigenvalue weighted by Gasteiger charge is 2.03. The van der Waals surface area contributed by atoms with Gasteiger partial charge in [0, 0.05) is 5.56 Å². The quantitative estimate of drug-likeness (QED) is 0.246. The van der Waals surface area contributed by atoms with Crippen LogP contribution in [0.1, 0.15) is 108 Å². The van der Waals surface area contributed by atoms with Crippen LogP contribution < -0.4 is 5.73 Å². The lowest BCUT2D eigenvalue weighted by Gasteiger charge is -2.08. The normalized spacial score (nSPS) is 10.9. The summed E-state index contributed by atoms with van der Waals surface area (Å²) < 4.78 is 0. The summed E-state index contributed by atoms with van der Waals surface area (Å²) in [6.07, 6.45) is 20.7. The predicted molar refractivity (Wildman–Crippen MR) is 116 cm³/mol. The van der Waals surface area contributed by atoms with Gasteiger partial charge in [0.25, 0.3) is 0 Å². The Bertz CT molecular complexity index is 455. The van der Waals surface area contributed by atoms with Crippen molar-refractivity contribution in [3.8, 4) is 0 Å². The van der Waals surface area contributed by atoms with E-state index in [-0.39, 0.29) is 0 Å². The van der Waals surface area contributed by atoms with E-state index < -0.39 is 0 Å². The van der Waals surface area contributed by atoms with Crippen LogP contribution in [0.4, 0.5) is 0 Å². The van der Waals surface area contributed by atoms with Crippen molar-refractivity contribution in [3.05, 3.63) is 35.4 Å². The van der Waals surface area contributed by atoms with E-state index >= 15 is 0 Å². The highest BCUT2D eigenvalue weighted by atomic mass is 32.1. The maximum Gasteiger partial charge on any atom is 0.104 e. The molecule has 2 N–H and O–H groups in total. The number of rotatable bonds is 16. The molecule has 0 spiro atoms. The van der Waals surface area contributed by atoms with Crippen LogP contribution in [0.15, 0.2) is 24.3 Å². The number of unbranched alkanes of at least 4 members (excludes halogenated alkanes) is 13. The van der Waals surface area contributed by atoms with E-state index in [1.807, 2.05) is 12.1 Å². The molecule has 0 radical (unpaired) electrons. The van der Waals surface area contributed by atoms with Gasteiger partial charge in [-0.25, -0.2) is 0 Å². The molecular weight excluding hydrogens is 322 g/mol. The summed E-state index contributed by atoms with van der Waals surface area (Å²) in [6, 6.07) is 8.31. The zero-order valence-corrected chi connectivity index (χ0v) is 17.2. The number of hydrogen-bond donors (Lipinski definition) is 1. The lowest BCUT2D eigenvalue weighted by molar-refractivity contribution is 0.535. The Hall–Kier alpha value is -0.890. The summed E-state index contributed by atoms with van der Waals surface area (Å²) in [5, 5.41) is 0. The Morgan fingerprint density at radius 3 is 1.64 bits per heavy atom. The molecule has 0 heterocycles. The Morgan fingerprint density at radius 1 is 0.720 bits per heavy atom. The fraction of sp³-hybridized carbons (Fsp3) is 0.696. The smallest absolute Gasteiger partial charge is 0.104 e. The molecule has 0 aliphatic heterocycles. The second kappa shape index (κ2) is 15.4. The Kier molecular flexibility index (Phi) is 13.6. The van der Waals surface area contributed by atoms with E-state index in [1.54, 1.807) is 0 Å². The van der Waals surface area contributed by atoms with Crippen molar-refractivity contribution in [1.82, 2.24) is 0 Å². The van der Waals surface area contributed by atoms with Gasteiger partial charge in [0.1, 0.15) is 4.99 Å². The van der Waals surface area contributed by atoms with Gasteiger partial charge < -0.3 is 5.73 Å². The van der Waals surface area contributed by atoms with Crippen LogP contribution in [0, 0.1) is 0 Å². The molecule has 0 saturated heterocycles. The zero-order valence-electron chi connectivity index (χ0n) is 16.4. The molecule has 1 nitrogen and oxygen atoms in total. The van der Waals surface area contributed by atoms with Crippen LogP contribution in [0.2, 0.25) is 0 Å². The maximum absolute atomic E-state index is 5.80. The maximum atomic E-state index is 5.80. The van der Waals surface area contributed by atoms with Crippen LogP contribution >= 0.6 is 12.2 Å². The van der Waals surface area contributed by atoms with Crippen LogP contribution in [0.3, 0.4) is 0 Å². The van der Waals surface area contributed by atoms with Gasteiger partial charge in [-0.3, -0.25) is 0 Å². The largest absolute Gasteiger partial charge is 0.389 e. The Labute approximate surface area is 161 Å². The summed E-state index contributed by atoms with van der Waals surface area (Å²) in [4.78, 5) is 0.529. The van der Waals surface area contributed by atoms with Crippen molar-refractivity contribution >= 4 is 17.2 Å². The number of nitrogens with two attached hydrogens (primary N) is 1. The topological polar surface area (TPSA) is 26.0 Å². The van der Waals surface area contributed by atoms with Gasteiger partial charge >= 0.3 is 0 Å². The molecule has 0 aliphatic rings. The van der Waals surface area contributed by atoms with Gasteiger partial charge in [-0.05, 0) is 18.4 Å². The molecule has 2 heteroatoms. The number of thiocarbonyl (C=S) groups is 1. The van der Waals surface area contributed by atoms with Gasteiger partial charge in [0.15, 0.2) is 0 Å². The SMILES string of the molecule is CCCCCCCCCCCCCCCCc1ccccc1C(N)=S. The molecular formula is C23H39NS. The second-order valence-corrected chi connectivity index (χ2v) is 7.81. The monoisotopic (exact) mass is 361 g/mol. The minimum atomic E-state index is 0.529. The molecule has 0 amide bonds. The molecule has 1 rings (SSSR count). The van der Waals surface area contributed by atoms with Gasteiger partial charge in [-0.2, -0.15) is 0 Å². The Morgan fingerprint density at radius 2 is 1.16 bits per heavy atom.